The van der Waals surface area contributed by atoms with Gasteiger partial charge in [-0.05, 0) is 43.9 Å². The predicted octanol–water partition coefficient (Wildman–Crippen LogP) is 1.88. The van der Waals surface area contributed by atoms with Crippen molar-refractivity contribution in [2.24, 2.45) is 0 Å². The number of rotatable bonds is 5. The molecule has 0 radical (unpaired) electrons. The lowest BCUT2D eigenvalue weighted by Crippen LogP contribution is -2.44. The van der Waals surface area contributed by atoms with Crippen LogP contribution in [-0.2, 0) is 20.9 Å². The maximum absolute atomic E-state index is 12.2. The van der Waals surface area contributed by atoms with Crippen molar-refractivity contribution in [2.45, 2.75) is 45.7 Å². The Bertz CT molecular complexity index is 598. The van der Waals surface area contributed by atoms with E-state index < -0.39 is 5.97 Å². The van der Waals surface area contributed by atoms with Crippen LogP contribution in [0, 0.1) is 0 Å². The van der Waals surface area contributed by atoms with E-state index in [9.17, 15) is 14.4 Å². The standard InChI is InChI=1S/C18H24N2O4/c1-13-5-3-4-10-20(13)17(22)12-24-18(23)16-8-6-15(7-9-16)11-19-14(2)21/h6-9,13H,3-5,10-12H2,1-2H3,(H,19,21). The second kappa shape index (κ2) is 8.47. The maximum Gasteiger partial charge on any atom is 0.338 e. The van der Waals surface area contributed by atoms with E-state index in [1.54, 1.807) is 29.2 Å². The number of likely N-dealkylation sites (tertiary alicyclic amines) is 1. The zero-order valence-electron chi connectivity index (χ0n) is 14.2. The minimum atomic E-state index is -0.515. The molecule has 1 aromatic carbocycles. The number of hydrogen-bond acceptors (Lipinski definition) is 4. The van der Waals surface area contributed by atoms with Crippen LogP contribution in [0.15, 0.2) is 24.3 Å². The average molecular weight is 332 g/mol. The first-order valence-corrected chi connectivity index (χ1v) is 8.27. The van der Waals surface area contributed by atoms with Crippen LogP contribution in [0.1, 0.15) is 49.0 Å². The first-order chi connectivity index (χ1) is 11.5. The Morgan fingerprint density at radius 2 is 1.92 bits per heavy atom. The Balaban J connectivity index is 1.83. The molecular weight excluding hydrogens is 308 g/mol. The topological polar surface area (TPSA) is 75.7 Å². The first kappa shape index (κ1) is 18.0. The summed E-state index contributed by atoms with van der Waals surface area (Å²) in [6.07, 6.45) is 3.13. The van der Waals surface area contributed by atoms with Crippen LogP contribution in [-0.4, -0.2) is 41.9 Å². The SMILES string of the molecule is CC(=O)NCc1ccc(C(=O)OCC(=O)N2CCCCC2C)cc1. The lowest BCUT2D eigenvalue weighted by atomic mass is 10.0. The Kier molecular flexibility index (Phi) is 6.35. The minimum Gasteiger partial charge on any atom is -0.452 e. The van der Waals surface area contributed by atoms with Crippen molar-refractivity contribution in [3.63, 3.8) is 0 Å². The molecule has 1 aromatic rings. The molecule has 0 aromatic heterocycles. The molecule has 24 heavy (non-hydrogen) atoms. The summed E-state index contributed by atoms with van der Waals surface area (Å²) >= 11 is 0. The van der Waals surface area contributed by atoms with Gasteiger partial charge >= 0.3 is 5.97 Å². The molecular formula is C18H24N2O4. The van der Waals surface area contributed by atoms with Crippen molar-refractivity contribution in [1.29, 1.82) is 0 Å². The third kappa shape index (κ3) is 5.08. The Labute approximate surface area is 142 Å². The molecule has 1 fully saturated rings. The van der Waals surface area contributed by atoms with Gasteiger partial charge < -0.3 is 15.0 Å². The third-order valence-corrected chi connectivity index (χ3v) is 4.18. The number of hydrogen-bond donors (Lipinski definition) is 1. The molecule has 1 N–H and O–H groups in total. The Hall–Kier alpha value is -2.37. The smallest absolute Gasteiger partial charge is 0.338 e. The van der Waals surface area contributed by atoms with Crippen molar-refractivity contribution in [3.05, 3.63) is 35.4 Å². The van der Waals surface area contributed by atoms with E-state index >= 15 is 0 Å². The summed E-state index contributed by atoms with van der Waals surface area (Å²) in [6, 6.07) is 6.97. The molecule has 0 aliphatic carbocycles. The van der Waals surface area contributed by atoms with Crippen molar-refractivity contribution >= 4 is 17.8 Å². The first-order valence-electron chi connectivity index (χ1n) is 8.27. The van der Waals surface area contributed by atoms with Gasteiger partial charge in [-0.2, -0.15) is 0 Å². The number of piperidine rings is 1. The van der Waals surface area contributed by atoms with E-state index in [0.29, 0.717) is 12.1 Å². The highest BCUT2D eigenvalue weighted by atomic mass is 16.5. The van der Waals surface area contributed by atoms with Gasteiger partial charge in [0.1, 0.15) is 0 Å². The second-order valence-corrected chi connectivity index (χ2v) is 6.11. The number of carbonyl (C=O) groups is 3. The van der Waals surface area contributed by atoms with Gasteiger partial charge in [-0.3, -0.25) is 9.59 Å². The monoisotopic (exact) mass is 332 g/mol. The number of nitrogens with zero attached hydrogens (tertiary/aromatic N) is 1. The molecule has 2 rings (SSSR count). The molecule has 1 atom stereocenters. The molecule has 6 heteroatoms. The zero-order valence-corrected chi connectivity index (χ0v) is 14.2. The van der Waals surface area contributed by atoms with E-state index in [1.165, 1.54) is 6.92 Å². The van der Waals surface area contributed by atoms with Crippen LogP contribution in [0.3, 0.4) is 0 Å². The molecule has 1 unspecified atom stereocenters. The minimum absolute atomic E-state index is 0.107. The molecule has 1 heterocycles. The number of benzene rings is 1. The molecule has 130 valence electrons. The van der Waals surface area contributed by atoms with Crippen LogP contribution >= 0.6 is 0 Å². The van der Waals surface area contributed by atoms with Gasteiger partial charge in [0.05, 0.1) is 5.56 Å². The number of carbonyl (C=O) groups excluding carboxylic acids is 3. The van der Waals surface area contributed by atoms with Crippen LogP contribution in [0.4, 0.5) is 0 Å². The average Bonchev–Trinajstić information content (AvgIpc) is 2.58. The molecule has 1 saturated heterocycles. The summed E-state index contributed by atoms with van der Waals surface area (Å²) in [4.78, 5) is 36.8. The summed E-state index contributed by atoms with van der Waals surface area (Å²) in [5, 5.41) is 2.69. The molecule has 6 nitrogen and oxygen atoms in total. The summed E-state index contributed by atoms with van der Waals surface area (Å²) in [5.41, 5.74) is 1.28. The second-order valence-electron chi connectivity index (χ2n) is 6.11. The van der Waals surface area contributed by atoms with Crippen molar-refractivity contribution in [2.75, 3.05) is 13.2 Å². The van der Waals surface area contributed by atoms with Crippen LogP contribution < -0.4 is 5.32 Å². The zero-order chi connectivity index (χ0) is 17.5. The summed E-state index contributed by atoms with van der Waals surface area (Å²) in [6.45, 7) is 4.39. The highest BCUT2D eigenvalue weighted by Crippen LogP contribution is 2.16. The maximum atomic E-state index is 12.2. The highest BCUT2D eigenvalue weighted by Gasteiger charge is 2.24. The normalized spacial score (nSPS) is 17.2. The van der Waals surface area contributed by atoms with Gasteiger partial charge in [0.15, 0.2) is 6.61 Å². The van der Waals surface area contributed by atoms with E-state index in [0.717, 1.165) is 31.4 Å². The van der Waals surface area contributed by atoms with Crippen LogP contribution in [0.5, 0.6) is 0 Å². The molecule has 0 bridgehead atoms. The molecule has 0 spiro atoms. The fourth-order valence-corrected chi connectivity index (χ4v) is 2.75. The van der Waals surface area contributed by atoms with Gasteiger partial charge in [0, 0.05) is 26.1 Å². The van der Waals surface area contributed by atoms with E-state index in [-0.39, 0.29) is 24.5 Å². The fourth-order valence-electron chi connectivity index (χ4n) is 2.75. The molecule has 2 amide bonds. The van der Waals surface area contributed by atoms with Crippen molar-refractivity contribution in [3.8, 4) is 0 Å². The van der Waals surface area contributed by atoms with E-state index in [2.05, 4.69) is 5.32 Å². The van der Waals surface area contributed by atoms with Gasteiger partial charge in [-0.15, -0.1) is 0 Å². The summed E-state index contributed by atoms with van der Waals surface area (Å²) in [5.74, 6) is -0.763. The third-order valence-electron chi connectivity index (χ3n) is 4.18. The van der Waals surface area contributed by atoms with Gasteiger partial charge in [0.2, 0.25) is 5.91 Å². The largest absolute Gasteiger partial charge is 0.452 e. The van der Waals surface area contributed by atoms with Gasteiger partial charge in [-0.1, -0.05) is 12.1 Å². The van der Waals surface area contributed by atoms with Crippen LogP contribution in [0.25, 0.3) is 0 Å². The van der Waals surface area contributed by atoms with Gasteiger partial charge in [-0.25, -0.2) is 4.79 Å². The van der Waals surface area contributed by atoms with Gasteiger partial charge in [0.25, 0.3) is 5.91 Å². The number of nitrogens with one attached hydrogen (secondary N) is 1. The lowest BCUT2D eigenvalue weighted by Gasteiger charge is -2.33. The van der Waals surface area contributed by atoms with Crippen molar-refractivity contribution < 1.29 is 19.1 Å². The molecule has 1 aliphatic rings. The fraction of sp³-hybridized carbons (Fsp3) is 0.500. The Morgan fingerprint density at radius 3 is 2.54 bits per heavy atom. The summed E-state index contributed by atoms with van der Waals surface area (Å²) in [7, 11) is 0. The predicted molar refractivity (Wildman–Crippen MR) is 89.3 cm³/mol. The highest BCUT2D eigenvalue weighted by molar-refractivity contribution is 5.91. The Morgan fingerprint density at radius 1 is 1.21 bits per heavy atom. The quantitative estimate of drug-likeness (QED) is 0.835. The number of ether oxygens (including phenoxy) is 1. The van der Waals surface area contributed by atoms with E-state index in [1.807, 2.05) is 6.92 Å². The summed E-state index contributed by atoms with van der Waals surface area (Å²) < 4.78 is 5.13. The van der Waals surface area contributed by atoms with Crippen molar-refractivity contribution in [1.82, 2.24) is 10.2 Å². The van der Waals surface area contributed by atoms with Crippen LogP contribution in [0.2, 0.25) is 0 Å². The molecule has 0 saturated carbocycles. The number of esters is 1. The van der Waals surface area contributed by atoms with E-state index in [4.69, 9.17) is 4.74 Å². The lowest BCUT2D eigenvalue weighted by molar-refractivity contribution is -0.137. The number of amides is 2. The molecule has 1 aliphatic heterocycles.